The third-order valence-electron chi connectivity index (χ3n) is 5.36. The minimum absolute atomic E-state index is 0.0580. The number of aryl methyl sites for hydroxylation is 2. The Morgan fingerprint density at radius 1 is 1.10 bits per heavy atom. The fourth-order valence-corrected chi connectivity index (χ4v) is 3.79. The van der Waals surface area contributed by atoms with Crippen molar-refractivity contribution >= 4 is 11.8 Å². The van der Waals surface area contributed by atoms with Gasteiger partial charge in [0.15, 0.2) is 0 Å². The lowest BCUT2D eigenvalue weighted by atomic mass is 9.88. The normalized spacial score (nSPS) is 15.5. The van der Waals surface area contributed by atoms with Crippen molar-refractivity contribution in [2.45, 2.75) is 38.3 Å². The Hall–Kier alpha value is -3.41. The molecule has 1 aliphatic rings. The summed E-state index contributed by atoms with van der Waals surface area (Å²) in [5, 5.41) is 7.44. The van der Waals surface area contributed by atoms with Gasteiger partial charge in [-0.25, -0.2) is 0 Å². The van der Waals surface area contributed by atoms with Gasteiger partial charge >= 0.3 is 0 Å². The average Bonchev–Trinajstić information content (AvgIpc) is 3.21. The molecule has 2 amide bonds. The maximum absolute atomic E-state index is 12.8. The standard InChI is InChI=1S/C23H24N4O2/c24-22(28)10-11-27-15-20(14-25-27)17-6-3-7-19(12-17)23(29)26-21-9-8-16-4-1-2-5-18(16)13-21/h1-7,12,14-15,21H,8-11,13H2,(H2,24,28)(H,26,29). The molecule has 1 atom stereocenters. The van der Waals surface area contributed by atoms with E-state index in [-0.39, 0.29) is 24.3 Å². The number of nitrogens with two attached hydrogens (primary N) is 1. The van der Waals surface area contributed by atoms with E-state index in [4.69, 9.17) is 5.73 Å². The van der Waals surface area contributed by atoms with E-state index in [0.29, 0.717) is 12.1 Å². The van der Waals surface area contributed by atoms with Gasteiger partial charge in [-0.1, -0.05) is 36.4 Å². The number of benzene rings is 2. The van der Waals surface area contributed by atoms with Gasteiger partial charge in [0.2, 0.25) is 5.91 Å². The van der Waals surface area contributed by atoms with Gasteiger partial charge in [-0.2, -0.15) is 5.10 Å². The molecule has 1 aliphatic carbocycles. The predicted molar refractivity (Wildman–Crippen MR) is 111 cm³/mol. The SMILES string of the molecule is NC(=O)CCn1cc(-c2cccc(C(=O)NC3CCc4ccccc4C3)c2)cn1. The molecule has 0 radical (unpaired) electrons. The second kappa shape index (κ2) is 8.31. The summed E-state index contributed by atoms with van der Waals surface area (Å²) in [5.74, 6) is -0.414. The van der Waals surface area contributed by atoms with Crippen LogP contribution in [0.2, 0.25) is 0 Å². The molecular weight excluding hydrogens is 364 g/mol. The van der Waals surface area contributed by atoms with Crippen LogP contribution in [0.15, 0.2) is 60.9 Å². The highest BCUT2D eigenvalue weighted by Gasteiger charge is 2.20. The van der Waals surface area contributed by atoms with E-state index >= 15 is 0 Å². The van der Waals surface area contributed by atoms with Gasteiger partial charge in [-0.15, -0.1) is 0 Å². The first-order valence-corrected chi connectivity index (χ1v) is 9.87. The number of nitrogens with one attached hydrogen (secondary N) is 1. The summed E-state index contributed by atoms with van der Waals surface area (Å²) in [6.45, 7) is 0.443. The van der Waals surface area contributed by atoms with Crippen molar-refractivity contribution in [2.75, 3.05) is 0 Å². The maximum atomic E-state index is 12.8. The van der Waals surface area contributed by atoms with E-state index in [9.17, 15) is 9.59 Å². The number of rotatable bonds is 6. The highest BCUT2D eigenvalue weighted by Crippen LogP contribution is 2.23. The number of carbonyl (C=O) groups is 2. The Morgan fingerprint density at radius 3 is 2.76 bits per heavy atom. The van der Waals surface area contributed by atoms with Gasteiger partial charge in [-0.3, -0.25) is 14.3 Å². The topological polar surface area (TPSA) is 90.0 Å². The molecule has 0 saturated heterocycles. The molecule has 6 nitrogen and oxygen atoms in total. The molecule has 4 rings (SSSR count). The van der Waals surface area contributed by atoms with Gasteiger partial charge in [0.25, 0.3) is 5.91 Å². The van der Waals surface area contributed by atoms with Crippen LogP contribution < -0.4 is 11.1 Å². The number of carbonyl (C=O) groups excluding carboxylic acids is 2. The molecule has 2 aromatic carbocycles. The highest BCUT2D eigenvalue weighted by atomic mass is 16.2. The Labute approximate surface area is 169 Å². The fraction of sp³-hybridized carbons (Fsp3) is 0.261. The first-order valence-electron chi connectivity index (χ1n) is 9.87. The summed E-state index contributed by atoms with van der Waals surface area (Å²) in [6, 6.07) is 16.1. The smallest absolute Gasteiger partial charge is 0.251 e. The van der Waals surface area contributed by atoms with Crippen molar-refractivity contribution in [3.05, 3.63) is 77.6 Å². The minimum Gasteiger partial charge on any atom is -0.370 e. The predicted octanol–water partition coefficient (Wildman–Crippen LogP) is 2.71. The summed E-state index contributed by atoms with van der Waals surface area (Å²) in [6.07, 6.45) is 6.65. The molecule has 1 unspecified atom stereocenters. The largest absolute Gasteiger partial charge is 0.370 e. The van der Waals surface area contributed by atoms with Crippen molar-refractivity contribution < 1.29 is 9.59 Å². The van der Waals surface area contributed by atoms with Crippen molar-refractivity contribution in [1.29, 1.82) is 0 Å². The molecule has 0 saturated carbocycles. The van der Waals surface area contributed by atoms with Gasteiger partial charge < -0.3 is 11.1 Å². The molecule has 0 bridgehead atoms. The molecule has 1 aromatic heterocycles. The first-order chi connectivity index (χ1) is 14.1. The molecular formula is C23H24N4O2. The Morgan fingerprint density at radius 2 is 1.93 bits per heavy atom. The van der Waals surface area contributed by atoms with E-state index in [2.05, 4.69) is 34.7 Å². The quantitative estimate of drug-likeness (QED) is 0.680. The van der Waals surface area contributed by atoms with E-state index < -0.39 is 0 Å². The van der Waals surface area contributed by atoms with Gasteiger partial charge in [0, 0.05) is 36.3 Å². The Balaban J connectivity index is 1.43. The van der Waals surface area contributed by atoms with Gasteiger partial charge in [0.1, 0.15) is 0 Å². The summed E-state index contributed by atoms with van der Waals surface area (Å²) in [4.78, 5) is 23.7. The van der Waals surface area contributed by atoms with Crippen LogP contribution >= 0.6 is 0 Å². The van der Waals surface area contributed by atoms with Crippen LogP contribution in [0.25, 0.3) is 11.1 Å². The third kappa shape index (κ3) is 4.54. The second-order valence-corrected chi connectivity index (χ2v) is 7.47. The maximum Gasteiger partial charge on any atom is 0.251 e. The van der Waals surface area contributed by atoms with Crippen LogP contribution in [0.5, 0.6) is 0 Å². The molecule has 1 heterocycles. The molecule has 0 fully saturated rings. The van der Waals surface area contributed by atoms with Crippen molar-refractivity contribution in [3.8, 4) is 11.1 Å². The highest BCUT2D eigenvalue weighted by molar-refractivity contribution is 5.95. The van der Waals surface area contributed by atoms with E-state index in [1.165, 1.54) is 11.1 Å². The number of aromatic nitrogens is 2. The number of hydrogen-bond acceptors (Lipinski definition) is 3. The molecule has 6 heteroatoms. The first kappa shape index (κ1) is 18.9. The lowest BCUT2D eigenvalue weighted by Crippen LogP contribution is -2.38. The third-order valence-corrected chi connectivity index (χ3v) is 5.36. The Bertz CT molecular complexity index is 1040. The van der Waals surface area contributed by atoms with Gasteiger partial charge in [0.05, 0.1) is 6.20 Å². The monoisotopic (exact) mass is 388 g/mol. The van der Waals surface area contributed by atoms with Crippen LogP contribution in [0, 0.1) is 0 Å². The molecule has 0 spiro atoms. The molecule has 3 N–H and O–H groups in total. The van der Waals surface area contributed by atoms with Crippen molar-refractivity contribution in [3.63, 3.8) is 0 Å². The van der Waals surface area contributed by atoms with E-state index in [1.807, 2.05) is 30.5 Å². The second-order valence-electron chi connectivity index (χ2n) is 7.47. The van der Waals surface area contributed by atoms with E-state index in [0.717, 1.165) is 30.4 Å². The molecule has 148 valence electrons. The average molecular weight is 388 g/mol. The van der Waals surface area contributed by atoms with E-state index in [1.54, 1.807) is 10.9 Å². The van der Waals surface area contributed by atoms with Gasteiger partial charge in [-0.05, 0) is 48.1 Å². The van der Waals surface area contributed by atoms with Crippen LogP contribution in [-0.2, 0) is 24.2 Å². The van der Waals surface area contributed by atoms with Crippen LogP contribution in [0.3, 0.4) is 0 Å². The molecule has 3 aromatic rings. The lowest BCUT2D eigenvalue weighted by molar-refractivity contribution is -0.118. The van der Waals surface area contributed by atoms with Crippen molar-refractivity contribution in [1.82, 2.24) is 15.1 Å². The summed E-state index contributed by atoms with van der Waals surface area (Å²) in [5.41, 5.74) is 10.3. The zero-order valence-electron chi connectivity index (χ0n) is 16.2. The van der Waals surface area contributed by atoms with Crippen LogP contribution in [-0.4, -0.2) is 27.6 Å². The summed E-state index contributed by atoms with van der Waals surface area (Å²) < 4.78 is 1.69. The number of amides is 2. The zero-order chi connectivity index (χ0) is 20.2. The molecule has 29 heavy (non-hydrogen) atoms. The number of hydrogen-bond donors (Lipinski definition) is 2. The van der Waals surface area contributed by atoms with Crippen LogP contribution in [0.1, 0.15) is 34.3 Å². The summed E-state index contributed by atoms with van der Waals surface area (Å²) in [7, 11) is 0. The lowest BCUT2D eigenvalue weighted by Gasteiger charge is -2.25. The zero-order valence-corrected chi connectivity index (χ0v) is 16.2. The fourth-order valence-electron chi connectivity index (χ4n) is 3.79. The Kier molecular flexibility index (Phi) is 5.42. The number of nitrogens with zero attached hydrogens (tertiary/aromatic N) is 2. The number of primary amides is 1. The van der Waals surface area contributed by atoms with Crippen molar-refractivity contribution in [2.24, 2.45) is 5.73 Å². The minimum atomic E-state index is -0.356. The summed E-state index contributed by atoms with van der Waals surface area (Å²) >= 11 is 0. The number of fused-ring (bicyclic) bond motifs is 1. The molecule has 0 aliphatic heterocycles. The van der Waals surface area contributed by atoms with Crippen LogP contribution in [0.4, 0.5) is 0 Å².